The van der Waals surface area contributed by atoms with Crippen LogP contribution in [-0.4, -0.2) is 26.4 Å². The number of rotatable bonds is 4. The van der Waals surface area contributed by atoms with E-state index in [0.717, 1.165) is 21.7 Å². The summed E-state index contributed by atoms with van der Waals surface area (Å²) in [5.74, 6) is 0. The summed E-state index contributed by atoms with van der Waals surface area (Å²) in [7, 11) is 1.94. The van der Waals surface area contributed by atoms with E-state index in [-0.39, 0.29) is 0 Å². The van der Waals surface area contributed by atoms with Crippen molar-refractivity contribution in [3.63, 3.8) is 0 Å². The van der Waals surface area contributed by atoms with Gasteiger partial charge in [-0.3, -0.25) is 4.40 Å². The fourth-order valence-electron chi connectivity index (χ4n) is 1.62. The lowest BCUT2D eigenvalue weighted by Gasteiger charge is -2.01. The van der Waals surface area contributed by atoms with E-state index in [1.54, 1.807) is 29.3 Å². The van der Waals surface area contributed by atoms with Gasteiger partial charge in [0.2, 0.25) is 0 Å². The molecule has 2 N–H and O–H groups in total. The van der Waals surface area contributed by atoms with Crippen LogP contribution in [0.2, 0.25) is 0 Å². The predicted molar refractivity (Wildman–Crippen MR) is 68.5 cm³/mol. The van der Waals surface area contributed by atoms with Gasteiger partial charge in [0.15, 0.2) is 10.1 Å². The number of nitrogens with one attached hydrogen (secondary N) is 2. The van der Waals surface area contributed by atoms with Gasteiger partial charge in [0.05, 0.1) is 5.69 Å². The summed E-state index contributed by atoms with van der Waals surface area (Å²) in [5, 5.41) is 7.09. The molecule has 0 aliphatic heterocycles. The third-order valence-electron chi connectivity index (χ3n) is 2.34. The SMILES string of the molecule is CNCc1c(Sc2ncc[nH]2)nc2sccn12. The molecule has 0 aromatic carbocycles. The number of aromatic amines is 1. The van der Waals surface area contributed by atoms with Crippen molar-refractivity contribution in [1.82, 2.24) is 24.7 Å². The van der Waals surface area contributed by atoms with Crippen molar-refractivity contribution >= 4 is 28.1 Å². The number of fused-ring (bicyclic) bond motifs is 1. The zero-order chi connectivity index (χ0) is 11.7. The number of nitrogens with zero attached hydrogens (tertiary/aromatic N) is 3. The quantitative estimate of drug-likeness (QED) is 0.757. The maximum Gasteiger partial charge on any atom is 0.194 e. The molecule has 0 spiro atoms. The Labute approximate surface area is 106 Å². The van der Waals surface area contributed by atoms with Crippen LogP contribution in [0.25, 0.3) is 4.96 Å². The van der Waals surface area contributed by atoms with Gasteiger partial charge in [-0.25, -0.2) is 9.97 Å². The molecule has 0 bridgehead atoms. The predicted octanol–water partition coefficient (Wildman–Crippen LogP) is 1.99. The van der Waals surface area contributed by atoms with E-state index in [1.165, 1.54) is 5.69 Å². The van der Waals surface area contributed by atoms with Crippen molar-refractivity contribution in [3.05, 3.63) is 29.7 Å². The minimum absolute atomic E-state index is 0.793. The highest BCUT2D eigenvalue weighted by molar-refractivity contribution is 7.99. The van der Waals surface area contributed by atoms with Crippen molar-refractivity contribution in [3.8, 4) is 0 Å². The molecular weight excluding hydrogens is 254 g/mol. The summed E-state index contributed by atoms with van der Waals surface area (Å²) in [5.41, 5.74) is 1.17. The highest BCUT2D eigenvalue weighted by Gasteiger charge is 2.14. The van der Waals surface area contributed by atoms with Crippen molar-refractivity contribution in [1.29, 1.82) is 0 Å². The number of hydrogen-bond donors (Lipinski definition) is 2. The molecule has 5 nitrogen and oxygen atoms in total. The van der Waals surface area contributed by atoms with Crippen LogP contribution in [0.3, 0.4) is 0 Å². The fourth-order valence-corrected chi connectivity index (χ4v) is 3.26. The first-order valence-corrected chi connectivity index (χ1v) is 6.84. The molecule has 0 atom stereocenters. The molecule has 0 saturated heterocycles. The third-order valence-corrected chi connectivity index (χ3v) is 4.03. The highest BCUT2D eigenvalue weighted by atomic mass is 32.2. The second-order valence-electron chi connectivity index (χ2n) is 3.45. The Bertz CT molecular complexity index is 610. The maximum atomic E-state index is 4.61. The summed E-state index contributed by atoms with van der Waals surface area (Å²) < 4.78 is 2.12. The first-order chi connectivity index (χ1) is 8.38. The number of aromatic nitrogens is 4. The number of imidazole rings is 2. The van der Waals surface area contributed by atoms with Crippen LogP contribution >= 0.6 is 23.1 Å². The van der Waals surface area contributed by atoms with Gasteiger partial charge in [-0.15, -0.1) is 11.3 Å². The van der Waals surface area contributed by atoms with Crippen molar-refractivity contribution in [2.75, 3.05) is 7.05 Å². The Morgan fingerprint density at radius 1 is 1.59 bits per heavy atom. The van der Waals surface area contributed by atoms with Crippen LogP contribution in [0.4, 0.5) is 0 Å². The molecule has 0 saturated carbocycles. The average Bonchev–Trinajstić information content (AvgIpc) is 2.99. The minimum atomic E-state index is 0.793. The molecule has 17 heavy (non-hydrogen) atoms. The van der Waals surface area contributed by atoms with Crippen molar-refractivity contribution in [2.45, 2.75) is 16.7 Å². The van der Waals surface area contributed by atoms with Gasteiger partial charge in [-0.05, 0) is 18.8 Å². The molecule has 3 rings (SSSR count). The summed E-state index contributed by atoms with van der Waals surface area (Å²) in [6, 6.07) is 0. The molecule has 0 aliphatic carbocycles. The molecule has 0 unspecified atom stereocenters. The van der Waals surface area contributed by atoms with Gasteiger partial charge in [0, 0.05) is 30.5 Å². The summed E-state index contributed by atoms with van der Waals surface area (Å²) in [6.45, 7) is 0.793. The monoisotopic (exact) mass is 265 g/mol. The fraction of sp³-hybridized carbons (Fsp3) is 0.200. The smallest absolute Gasteiger partial charge is 0.194 e. The van der Waals surface area contributed by atoms with Crippen LogP contribution in [0, 0.1) is 0 Å². The molecule has 3 aromatic rings. The van der Waals surface area contributed by atoms with E-state index in [4.69, 9.17) is 0 Å². The Hall–Kier alpha value is -1.31. The number of thiazole rings is 1. The van der Waals surface area contributed by atoms with Gasteiger partial charge < -0.3 is 10.3 Å². The Balaban J connectivity index is 2.02. The lowest BCUT2D eigenvalue weighted by molar-refractivity contribution is 0.764. The molecule has 7 heteroatoms. The normalized spacial score (nSPS) is 11.4. The van der Waals surface area contributed by atoms with Gasteiger partial charge >= 0.3 is 0 Å². The molecule has 0 aliphatic rings. The zero-order valence-corrected chi connectivity index (χ0v) is 10.8. The highest BCUT2D eigenvalue weighted by Crippen LogP contribution is 2.29. The van der Waals surface area contributed by atoms with Gasteiger partial charge in [0.1, 0.15) is 5.03 Å². The molecule has 3 aromatic heterocycles. The summed E-state index contributed by atoms with van der Waals surface area (Å²) >= 11 is 3.20. The molecule has 3 heterocycles. The molecule has 0 amide bonds. The number of hydrogen-bond acceptors (Lipinski definition) is 5. The lowest BCUT2D eigenvalue weighted by atomic mass is 10.5. The Morgan fingerprint density at radius 3 is 3.29 bits per heavy atom. The average molecular weight is 265 g/mol. The number of H-pyrrole nitrogens is 1. The zero-order valence-electron chi connectivity index (χ0n) is 9.17. The van der Waals surface area contributed by atoms with Crippen LogP contribution < -0.4 is 5.32 Å². The lowest BCUT2D eigenvalue weighted by Crippen LogP contribution is -2.08. The van der Waals surface area contributed by atoms with Gasteiger partial charge in [0.25, 0.3) is 0 Å². The van der Waals surface area contributed by atoms with E-state index < -0.39 is 0 Å². The van der Waals surface area contributed by atoms with E-state index in [1.807, 2.05) is 24.8 Å². The standard InChI is InChI=1S/C10H11N5S2/c1-11-6-7-8(17-9-12-2-3-13-9)14-10-15(7)4-5-16-10/h2-5,11H,6H2,1H3,(H,12,13). The summed E-state index contributed by atoms with van der Waals surface area (Å²) in [4.78, 5) is 12.9. The molecular formula is C10H11N5S2. The van der Waals surface area contributed by atoms with E-state index in [2.05, 4.69) is 24.7 Å². The van der Waals surface area contributed by atoms with E-state index >= 15 is 0 Å². The van der Waals surface area contributed by atoms with Crippen LogP contribution in [0.15, 0.2) is 34.2 Å². The van der Waals surface area contributed by atoms with Crippen LogP contribution in [-0.2, 0) is 6.54 Å². The topological polar surface area (TPSA) is 58.0 Å². The first kappa shape index (κ1) is 10.8. The largest absolute Gasteiger partial charge is 0.339 e. The van der Waals surface area contributed by atoms with Crippen molar-refractivity contribution < 1.29 is 0 Å². The van der Waals surface area contributed by atoms with E-state index in [0.29, 0.717) is 0 Å². The Kier molecular flexibility index (Phi) is 2.87. The molecule has 0 radical (unpaired) electrons. The van der Waals surface area contributed by atoms with Crippen LogP contribution in [0.5, 0.6) is 0 Å². The second kappa shape index (κ2) is 4.52. The Morgan fingerprint density at radius 2 is 2.53 bits per heavy atom. The molecule has 88 valence electrons. The first-order valence-electron chi connectivity index (χ1n) is 5.14. The van der Waals surface area contributed by atoms with Gasteiger partial charge in [-0.2, -0.15) is 0 Å². The van der Waals surface area contributed by atoms with Crippen LogP contribution in [0.1, 0.15) is 5.69 Å². The third kappa shape index (κ3) is 1.97. The maximum absolute atomic E-state index is 4.61. The summed E-state index contributed by atoms with van der Waals surface area (Å²) in [6.07, 6.45) is 5.61. The van der Waals surface area contributed by atoms with Gasteiger partial charge in [-0.1, -0.05) is 0 Å². The van der Waals surface area contributed by atoms with Crippen molar-refractivity contribution in [2.24, 2.45) is 0 Å². The molecule has 0 fully saturated rings. The second-order valence-corrected chi connectivity index (χ2v) is 5.30. The van der Waals surface area contributed by atoms with E-state index in [9.17, 15) is 0 Å². The minimum Gasteiger partial charge on any atom is -0.339 e.